The van der Waals surface area contributed by atoms with Gasteiger partial charge in [-0.2, -0.15) is 13.2 Å². The Morgan fingerprint density at radius 1 is 1.17 bits per heavy atom. The van der Waals surface area contributed by atoms with Gasteiger partial charge in [-0.25, -0.2) is 4.39 Å². The smallest absolute Gasteiger partial charge is 0.416 e. The monoisotopic (exact) mass is 358 g/mol. The quantitative estimate of drug-likeness (QED) is 0.629. The number of benzene rings is 2. The Morgan fingerprint density at radius 3 is 2.58 bits per heavy atom. The molecule has 2 aromatic rings. The molecular weight excluding hydrogens is 344 g/mol. The Bertz CT molecular complexity index is 734. The molecule has 0 unspecified atom stereocenters. The zero-order chi connectivity index (χ0) is 17.7. The highest BCUT2D eigenvalue weighted by Crippen LogP contribution is 2.30. The van der Waals surface area contributed by atoms with Gasteiger partial charge in [-0.1, -0.05) is 6.07 Å². The van der Waals surface area contributed by atoms with E-state index in [4.69, 9.17) is 17.0 Å². The second kappa shape index (κ2) is 7.48. The Hall–Kier alpha value is -2.35. The van der Waals surface area contributed by atoms with Crippen molar-refractivity contribution in [2.75, 3.05) is 12.4 Å². The van der Waals surface area contributed by atoms with E-state index in [-0.39, 0.29) is 17.2 Å². The van der Waals surface area contributed by atoms with Gasteiger partial charge < -0.3 is 15.4 Å². The van der Waals surface area contributed by atoms with Gasteiger partial charge in [-0.3, -0.25) is 0 Å². The fourth-order valence-corrected chi connectivity index (χ4v) is 2.16. The van der Waals surface area contributed by atoms with Crippen molar-refractivity contribution in [1.29, 1.82) is 0 Å². The Kier molecular flexibility index (Phi) is 5.61. The molecule has 0 atom stereocenters. The fraction of sp³-hybridized carbons (Fsp3) is 0.188. The highest BCUT2D eigenvalue weighted by Gasteiger charge is 2.31. The molecule has 0 saturated heterocycles. The number of hydrogen-bond acceptors (Lipinski definition) is 2. The maximum absolute atomic E-state index is 13.3. The summed E-state index contributed by atoms with van der Waals surface area (Å²) in [5.41, 5.74) is -0.245. The van der Waals surface area contributed by atoms with Crippen LogP contribution in [0.3, 0.4) is 0 Å². The van der Waals surface area contributed by atoms with E-state index in [0.717, 1.165) is 12.1 Å². The van der Waals surface area contributed by atoms with Crippen LogP contribution in [0.2, 0.25) is 0 Å². The van der Waals surface area contributed by atoms with Gasteiger partial charge in [0.1, 0.15) is 11.6 Å². The SMILES string of the molecule is COc1cccc(NC(=S)NCc2cc(F)cc(C(F)(F)F)c2)c1. The molecule has 0 aromatic heterocycles. The highest BCUT2D eigenvalue weighted by molar-refractivity contribution is 7.80. The lowest BCUT2D eigenvalue weighted by Crippen LogP contribution is -2.28. The van der Waals surface area contributed by atoms with E-state index in [0.29, 0.717) is 17.5 Å². The van der Waals surface area contributed by atoms with Crippen LogP contribution in [0.15, 0.2) is 42.5 Å². The average molecular weight is 358 g/mol. The first kappa shape index (κ1) is 18.0. The van der Waals surface area contributed by atoms with E-state index in [9.17, 15) is 17.6 Å². The lowest BCUT2D eigenvalue weighted by molar-refractivity contribution is -0.137. The Labute approximate surface area is 141 Å². The number of halogens is 4. The number of thiocarbonyl (C=S) groups is 1. The van der Waals surface area contributed by atoms with Crippen molar-refractivity contribution in [2.45, 2.75) is 12.7 Å². The molecule has 24 heavy (non-hydrogen) atoms. The summed E-state index contributed by atoms with van der Waals surface area (Å²) in [6.07, 6.45) is -4.60. The average Bonchev–Trinajstić information content (AvgIpc) is 2.52. The normalized spacial score (nSPS) is 11.0. The summed E-state index contributed by atoms with van der Waals surface area (Å²) in [5, 5.41) is 5.80. The van der Waals surface area contributed by atoms with E-state index in [2.05, 4.69) is 10.6 Å². The van der Waals surface area contributed by atoms with Crippen LogP contribution < -0.4 is 15.4 Å². The zero-order valence-electron chi connectivity index (χ0n) is 12.6. The third kappa shape index (κ3) is 5.09. The molecule has 8 heteroatoms. The first-order valence-electron chi connectivity index (χ1n) is 6.83. The molecule has 2 N–H and O–H groups in total. The number of alkyl halides is 3. The van der Waals surface area contributed by atoms with Crippen molar-refractivity contribution >= 4 is 23.0 Å². The van der Waals surface area contributed by atoms with Crippen molar-refractivity contribution in [1.82, 2.24) is 5.32 Å². The lowest BCUT2D eigenvalue weighted by Gasteiger charge is -2.13. The maximum Gasteiger partial charge on any atom is 0.416 e. The Morgan fingerprint density at radius 2 is 1.92 bits per heavy atom. The summed E-state index contributed by atoms with van der Waals surface area (Å²) in [6, 6.07) is 9.33. The predicted octanol–water partition coefficient (Wildman–Crippen LogP) is 4.34. The van der Waals surface area contributed by atoms with Crippen LogP contribution in [0.5, 0.6) is 5.75 Å². The molecular formula is C16H14F4N2OS. The molecule has 0 spiro atoms. The van der Waals surface area contributed by atoms with E-state index in [1.54, 1.807) is 24.3 Å². The molecule has 2 aromatic carbocycles. The van der Waals surface area contributed by atoms with Crippen LogP contribution >= 0.6 is 12.2 Å². The summed E-state index contributed by atoms with van der Waals surface area (Å²) in [5.74, 6) is -0.323. The summed E-state index contributed by atoms with van der Waals surface area (Å²) < 4.78 is 56.4. The molecule has 0 bridgehead atoms. The van der Waals surface area contributed by atoms with Gasteiger partial charge in [0.15, 0.2) is 5.11 Å². The lowest BCUT2D eigenvalue weighted by atomic mass is 10.1. The fourth-order valence-electron chi connectivity index (χ4n) is 1.97. The first-order valence-corrected chi connectivity index (χ1v) is 7.24. The van der Waals surface area contributed by atoms with Crippen molar-refractivity contribution in [3.05, 3.63) is 59.4 Å². The molecule has 0 heterocycles. The minimum atomic E-state index is -4.60. The third-order valence-corrected chi connectivity index (χ3v) is 3.31. The van der Waals surface area contributed by atoms with E-state index in [1.807, 2.05) is 0 Å². The second-order valence-corrected chi connectivity index (χ2v) is 5.29. The minimum absolute atomic E-state index is 0.0450. The van der Waals surface area contributed by atoms with Crippen LogP contribution in [0, 0.1) is 5.82 Å². The van der Waals surface area contributed by atoms with Gasteiger partial charge >= 0.3 is 6.18 Å². The van der Waals surface area contributed by atoms with Gasteiger partial charge in [0.05, 0.1) is 12.7 Å². The van der Waals surface area contributed by atoms with Crippen LogP contribution in [0.25, 0.3) is 0 Å². The van der Waals surface area contributed by atoms with Gasteiger partial charge in [-0.05, 0) is 48.1 Å². The molecule has 3 nitrogen and oxygen atoms in total. The summed E-state index contributed by atoms with van der Waals surface area (Å²) in [4.78, 5) is 0. The summed E-state index contributed by atoms with van der Waals surface area (Å²) >= 11 is 5.07. The minimum Gasteiger partial charge on any atom is -0.497 e. The highest BCUT2D eigenvalue weighted by atomic mass is 32.1. The maximum atomic E-state index is 13.3. The van der Waals surface area contributed by atoms with Crippen LogP contribution in [0.4, 0.5) is 23.2 Å². The predicted molar refractivity (Wildman–Crippen MR) is 87.5 cm³/mol. The van der Waals surface area contributed by atoms with E-state index < -0.39 is 17.6 Å². The molecule has 0 radical (unpaired) electrons. The number of anilines is 1. The van der Waals surface area contributed by atoms with Crippen LogP contribution in [0.1, 0.15) is 11.1 Å². The molecule has 0 aliphatic carbocycles. The largest absolute Gasteiger partial charge is 0.497 e. The number of rotatable bonds is 4. The summed E-state index contributed by atoms with van der Waals surface area (Å²) in [6.45, 7) is -0.0450. The number of methoxy groups -OCH3 is 1. The van der Waals surface area contributed by atoms with E-state index in [1.165, 1.54) is 7.11 Å². The van der Waals surface area contributed by atoms with Crippen molar-refractivity contribution < 1.29 is 22.3 Å². The van der Waals surface area contributed by atoms with Crippen molar-refractivity contribution in [3.8, 4) is 5.75 Å². The first-order chi connectivity index (χ1) is 11.3. The third-order valence-electron chi connectivity index (χ3n) is 3.07. The molecule has 2 rings (SSSR count). The molecule has 0 aliphatic heterocycles. The molecule has 0 saturated carbocycles. The van der Waals surface area contributed by atoms with E-state index >= 15 is 0 Å². The van der Waals surface area contributed by atoms with Gasteiger partial charge in [-0.15, -0.1) is 0 Å². The topological polar surface area (TPSA) is 33.3 Å². The second-order valence-electron chi connectivity index (χ2n) is 4.89. The number of hydrogen-bond donors (Lipinski definition) is 2. The molecule has 128 valence electrons. The summed E-state index contributed by atoms with van der Waals surface area (Å²) in [7, 11) is 1.53. The van der Waals surface area contributed by atoms with Crippen molar-refractivity contribution in [3.63, 3.8) is 0 Å². The molecule has 0 fully saturated rings. The molecule has 0 amide bonds. The van der Waals surface area contributed by atoms with Crippen LogP contribution in [-0.4, -0.2) is 12.2 Å². The number of ether oxygens (including phenoxy) is 1. The Balaban J connectivity index is 2.00. The van der Waals surface area contributed by atoms with Gasteiger partial charge in [0.25, 0.3) is 0 Å². The zero-order valence-corrected chi connectivity index (χ0v) is 13.4. The molecule has 0 aliphatic rings. The van der Waals surface area contributed by atoms with Crippen LogP contribution in [-0.2, 0) is 12.7 Å². The van der Waals surface area contributed by atoms with Crippen molar-refractivity contribution in [2.24, 2.45) is 0 Å². The standard InChI is InChI=1S/C16H14F4N2OS/c1-23-14-4-2-3-13(8-14)22-15(24)21-9-10-5-11(16(18,19)20)7-12(17)6-10/h2-8H,9H2,1H3,(H2,21,22,24). The number of nitrogens with one attached hydrogen (secondary N) is 2. The van der Waals surface area contributed by atoms with Gasteiger partial charge in [0, 0.05) is 18.3 Å². The van der Waals surface area contributed by atoms with Gasteiger partial charge in [0.2, 0.25) is 0 Å².